The quantitative estimate of drug-likeness (QED) is 0.617. The monoisotopic (exact) mass is 165 g/mol. The molecule has 3 atom stereocenters. The van der Waals surface area contributed by atoms with Crippen molar-refractivity contribution in [3.8, 4) is 0 Å². The standard InChI is InChI=1S/C10H15NO/c1-2-10(12)11-9-6-7-3-4-8(9)5-7/h3-4,7-9H,2,5-6H2,1H3,(H,11,12). The predicted octanol–water partition coefficient (Wildman–Crippen LogP) is 1.48. The molecular weight excluding hydrogens is 150 g/mol. The van der Waals surface area contributed by atoms with Crippen molar-refractivity contribution in [3.05, 3.63) is 12.2 Å². The summed E-state index contributed by atoms with van der Waals surface area (Å²) < 4.78 is 0. The molecule has 0 aromatic carbocycles. The van der Waals surface area contributed by atoms with E-state index in [-0.39, 0.29) is 5.91 Å². The van der Waals surface area contributed by atoms with Crippen molar-refractivity contribution in [3.63, 3.8) is 0 Å². The normalized spacial score (nSPS) is 37.2. The van der Waals surface area contributed by atoms with Crippen molar-refractivity contribution in [2.45, 2.75) is 32.2 Å². The molecule has 0 spiro atoms. The van der Waals surface area contributed by atoms with Gasteiger partial charge in [0.15, 0.2) is 0 Å². The zero-order valence-corrected chi connectivity index (χ0v) is 7.42. The fourth-order valence-electron chi connectivity index (χ4n) is 2.26. The van der Waals surface area contributed by atoms with E-state index in [1.54, 1.807) is 0 Å². The van der Waals surface area contributed by atoms with E-state index in [0.717, 1.165) is 12.3 Å². The van der Waals surface area contributed by atoms with Crippen molar-refractivity contribution < 1.29 is 4.79 Å². The summed E-state index contributed by atoms with van der Waals surface area (Å²) in [5, 5.41) is 3.07. The molecule has 2 rings (SSSR count). The first kappa shape index (κ1) is 7.84. The van der Waals surface area contributed by atoms with Crippen LogP contribution in [0.3, 0.4) is 0 Å². The molecule has 0 heterocycles. The lowest BCUT2D eigenvalue weighted by Gasteiger charge is -2.19. The maximum atomic E-state index is 11.1. The smallest absolute Gasteiger partial charge is 0.219 e. The number of amides is 1. The molecule has 0 radical (unpaired) electrons. The van der Waals surface area contributed by atoms with Crippen LogP contribution in [-0.2, 0) is 4.79 Å². The van der Waals surface area contributed by atoms with E-state index < -0.39 is 0 Å². The summed E-state index contributed by atoms with van der Waals surface area (Å²) in [6, 6.07) is 0.437. The van der Waals surface area contributed by atoms with E-state index in [2.05, 4.69) is 17.5 Å². The minimum absolute atomic E-state index is 0.195. The van der Waals surface area contributed by atoms with Crippen LogP contribution in [0.25, 0.3) is 0 Å². The van der Waals surface area contributed by atoms with Gasteiger partial charge in [0, 0.05) is 12.5 Å². The van der Waals surface area contributed by atoms with E-state index >= 15 is 0 Å². The molecule has 0 aliphatic heterocycles. The topological polar surface area (TPSA) is 29.1 Å². The first-order chi connectivity index (χ1) is 5.79. The fraction of sp³-hybridized carbons (Fsp3) is 0.700. The number of fused-ring (bicyclic) bond motifs is 2. The molecule has 2 aliphatic carbocycles. The molecule has 2 nitrogen and oxygen atoms in total. The van der Waals surface area contributed by atoms with Gasteiger partial charge in [-0.2, -0.15) is 0 Å². The SMILES string of the molecule is CCC(=O)NC1CC2C=CC1C2. The van der Waals surface area contributed by atoms with E-state index in [9.17, 15) is 4.79 Å². The highest BCUT2D eigenvalue weighted by molar-refractivity contribution is 5.76. The van der Waals surface area contributed by atoms with Crippen molar-refractivity contribution in [1.29, 1.82) is 0 Å². The summed E-state index contributed by atoms with van der Waals surface area (Å²) >= 11 is 0. The predicted molar refractivity (Wildman–Crippen MR) is 47.6 cm³/mol. The van der Waals surface area contributed by atoms with Crippen molar-refractivity contribution in [2.75, 3.05) is 0 Å². The number of hydrogen-bond acceptors (Lipinski definition) is 1. The maximum Gasteiger partial charge on any atom is 0.219 e. The number of hydrogen-bond donors (Lipinski definition) is 1. The molecule has 0 aromatic heterocycles. The van der Waals surface area contributed by atoms with Crippen molar-refractivity contribution in [1.82, 2.24) is 5.32 Å². The van der Waals surface area contributed by atoms with Crippen LogP contribution in [0.1, 0.15) is 26.2 Å². The van der Waals surface area contributed by atoms with Crippen LogP contribution in [0.15, 0.2) is 12.2 Å². The van der Waals surface area contributed by atoms with E-state index in [1.807, 2.05) is 6.92 Å². The minimum Gasteiger partial charge on any atom is -0.353 e. The van der Waals surface area contributed by atoms with Crippen molar-refractivity contribution in [2.24, 2.45) is 11.8 Å². The van der Waals surface area contributed by atoms with Gasteiger partial charge in [-0.05, 0) is 24.7 Å². The van der Waals surface area contributed by atoms with Gasteiger partial charge >= 0.3 is 0 Å². The number of carbonyl (C=O) groups excluding carboxylic acids is 1. The fourth-order valence-corrected chi connectivity index (χ4v) is 2.26. The maximum absolute atomic E-state index is 11.1. The van der Waals surface area contributed by atoms with Crippen LogP contribution >= 0.6 is 0 Å². The largest absolute Gasteiger partial charge is 0.353 e. The molecule has 1 saturated carbocycles. The van der Waals surface area contributed by atoms with E-state index in [0.29, 0.717) is 18.4 Å². The number of rotatable bonds is 2. The number of carbonyl (C=O) groups is 1. The Bertz CT molecular complexity index is 222. The Hall–Kier alpha value is -0.790. The van der Waals surface area contributed by atoms with Crippen LogP contribution in [0, 0.1) is 11.8 Å². The van der Waals surface area contributed by atoms with Crippen LogP contribution in [0.5, 0.6) is 0 Å². The Kier molecular flexibility index (Phi) is 1.91. The lowest BCUT2D eigenvalue weighted by atomic mass is 10.0. The summed E-state index contributed by atoms with van der Waals surface area (Å²) in [4.78, 5) is 11.1. The van der Waals surface area contributed by atoms with Crippen LogP contribution in [0.2, 0.25) is 0 Å². The highest BCUT2D eigenvalue weighted by atomic mass is 16.1. The van der Waals surface area contributed by atoms with Gasteiger partial charge in [-0.3, -0.25) is 4.79 Å². The molecule has 2 heteroatoms. The Labute approximate surface area is 73.0 Å². The van der Waals surface area contributed by atoms with Crippen LogP contribution < -0.4 is 5.32 Å². The third-order valence-electron chi connectivity index (χ3n) is 2.95. The minimum atomic E-state index is 0.195. The Morgan fingerprint density at radius 1 is 1.50 bits per heavy atom. The Morgan fingerprint density at radius 2 is 2.33 bits per heavy atom. The van der Waals surface area contributed by atoms with Gasteiger partial charge in [-0.15, -0.1) is 0 Å². The molecule has 0 saturated heterocycles. The molecule has 1 fully saturated rings. The summed E-state index contributed by atoms with van der Waals surface area (Å²) in [6.45, 7) is 1.90. The van der Waals surface area contributed by atoms with E-state index in [4.69, 9.17) is 0 Å². The highest BCUT2D eigenvalue weighted by Gasteiger charge is 2.35. The molecular formula is C10H15NO. The summed E-state index contributed by atoms with van der Waals surface area (Å²) in [5.74, 6) is 1.57. The Morgan fingerprint density at radius 3 is 2.83 bits per heavy atom. The molecule has 0 aromatic rings. The lowest BCUT2D eigenvalue weighted by molar-refractivity contribution is -0.121. The second kappa shape index (κ2) is 2.92. The first-order valence-electron chi connectivity index (χ1n) is 4.77. The molecule has 2 aliphatic rings. The molecule has 1 amide bonds. The molecule has 2 bridgehead atoms. The second-order valence-electron chi connectivity index (χ2n) is 3.81. The molecule has 1 N–H and O–H groups in total. The van der Waals surface area contributed by atoms with Gasteiger partial charge < -0.3 is 5.32 Å². The van der Waals surface area contributed by atoms with Crippen LogP contribution in [-0.4, -0.2) is 11.9 Å². The summed E-state index contributed by atoms with van der Waals surface area (Å²) in [5.41, 5.74) is 0. The highest BCUT2D eigenvalue weighted by Crippen LogP contribution is 2.38. The van der Waals surface area contributed by atoms with Gasteiger partial charge in [-0.25, -0.2) is 0 Å². The van der Waals surface area contributed by atoms with Crippen molar-refractivity contribution >= 4 is 5.91 Å². The zero-order valence-electron chi connectivity index (χ0n) is 7.42. The lowest BCUT2D eigenvalue weighted by Crippen LogP contribution is -2.36. The van der Waals surface area contributed by atoms with Gasteiger partial charge in [0.2, 0.25) is 5.91 Å². The van der Waals surface area contributed by atoms with Gasteiger partial charge in [0.25, 0.3) is 0 Å². The third kappa shape index (κ3) is 1.26. The molecule has 3 unspecified atom stereocenters. The van der Waals surface area contributed by atoms with Crippen LogP contribution in [0.4, 0.5) is 0 Å². The number of nitrogens with one attached hydrogen (secondary N) is 1. The average Bonchev–Trinajstić information content (AvgIpc) is 2.64. The van der Waals surface area contributed by atoms with Gasteiger partial charge in [0.1, 0.15) is 0 Å². The third-order valence-corrected chi connectivity index (χ3v) is 2.95. The molecule has 66 valence electrons. The zero-order chi connectivity index (χ0) is 8.55. The van der Waals surface area contributed by atoms with Gasteiger partial charge in [0.05, 0.1) is 0 Å². The number of allylic oxidation sites excluding steroid dienone is 1. The Balaban J connectivity index is 1.91. The van der Waals surface area contributed by atoms with E-state index in [1.165, 1.54) is 6.42 Å². The summed E-state index contributed by atoms with van der Waals surface area (Å²) in [6.07, 6.45) is 7.58. The average molecular weight is 165 g/mol. The van der Waals surface area contributed by atoms with Gasteiger partial charge in [-0.1, -0.05) is 19.1 Å². The first-order valence-corrected chi connectivity index (χ1v) is 4.77. The summed E-state index contributed by atoms with van der Waals surface area (Å²) in [7, 11) is 0. The second-order valence-corrected chi connectivity index (χ2v) is 3.81. The molecule has 12 heavy (non-hydrogen) atoms.